The van der Waals surface area contributed by atoms with Crippen molar-refractivity contribution in [2.24, 2.45) is 5.41 Å². The molecule has 1 N–H and O–H groups in total. The van der Waals surface area contributed by atoms with Crippen LogP contribution >= 0.6 is 0 Å². The van der Waals surface area contributed by atoms with Crippen molar-refractivity contribution in [2.45, 2.75) is 32.1 Å². The van der Waals surface area contributed by atoms with Crippen LogP contribution in [-0.2, 0) is 25.8 Å². The van der Waals surface area contributed by atoms with Gasteiger partial charge in [0.15, 0.2) is 9.84 Å². The monoisotopic (exact) mass is 403 g/mol. The molecule has 0 aliphatic carbocycles. The van der Waals surface area contributed by atoms with Crippen molar-refractivity contribution in [3.8, 4) is 0 Å². The van der Waals surface area contributed by atoms with Crippen LogP contribution in [-0.4, -0.2) is 46.1 Å². The minimum absolute atomic E-state index is 0.0520. The first kappa shape index (κ1) is 20.8. The van der Waals surface area contributed by atoms with Gasteiger partial charge in [-0.15, -0.1) is 0 Å². The quantitative estimate of drug-likeness (QED) is 0.514. The highest BCUT2D eigenvalue weighted by molar-refractivity contribution is 7.91. The number of sulfone groups is 1. The van der Waals surface area contributed by atoms with Gasteiger partial charge in [0, 0.05) is 12.0 Å². The van der Waals surface area contributed by atoms with Crippen LogP contribution in [0.25, 0.3) is 10.8 Å². The summed E-state index contributed by atoms with van der Waals surface area (Å²) in [6, 6.07) is 14.5. The van der Waals surface area contributed by atoms with Gasteiger partial charge in [0.25, 0.3) is 0 Å². The van der Waals surface area contributed by atoms with Crippen molar-refractivity contribution in [1.82, 2.24) is 5.32 Å². The van der Waals surface area contributed by atoms with Gasteiger partial charge in [0.05, 0.1) is 25.0 Å². The number of methoxy groups -OCH3 is 1. The number of ether oxygens (including phenoxy) is 1. The van der Waals surface area contributed by atoms with Crippen LogP contribution in [0.2, 0.25) is 0 Å². The predicted octanol–water partition coefficient (Wildman–Crippen LogP) is 3.12. The Balaban J connectivity index is 1.55. The molecule has 0 saturated carbocycles. The van der Waals surface area contributed by atoms with E-state index in [9.17, 15) is 13.2 Å². The highest BCUT2D eigenvalue weighted by Crippen LogP contribution is 2.32. The molecule has 1 heterocycles. The molecular formula is C22H29NO4S. The second kappa shape index (κ2) is 9.05. The Morgan fingerprint density at radius 2 is 1.93 bits per heavy atom. The lowest BCUT2D eigenvalue weighted by atomic mass is 9.86. The van der Waals surface area contributed by atoms with E-state index in [2.05, 4.69) is 35.6 Å². The van der Waals surface area contributed by atoms with Gasteiger partial charge in [0.2, 0.25) is 0 Å². The molecule has 152 valence electrons. The normalized spacial score (nSPS) is 19.8. The third kappa shape index (κ3) is 5.32. The molecule has 28 heavy (non-hydrogen) atoms. The Kier molecular flexibility index (Phi) is 6.73. The average Bonchev–Trinajstić information content (AvgIpc) is 3.12. The van der Waals surface area contributed by atoms with Crippen LogP contribution in [0.1, 0.15) is 31.2 Å². The van der Waals surface area contributed by atoms with E-state index >= 15 is 0 Å². The summed E-state index contributed by atoms with van der Waals surface area (Å²) >= 11 is 0. The maximum atomic E-state index is 12.7. The summed E-state index contributed by atoms with van der Waals surface area (Å²) in [5, 5.41) is 5.65. The van der Waals surface area contributed by atoms with Crippen LogP contribution < -0.4 is 5.32 Å². The molecule has 5 nitrogen and oxygen atoms in total. The fourth-order valence-electron chi connectivity index (χ4n) is 4.19. The topological polar surface area (TPSA) is 72.5 Å². The second-order valence-corrected chi connectivity index (χ2v) is 10.1. The third-order valence-corrected chi connectivity index (χ3v) is 7.60. The van der Waals surface area contributed by atoms with Crippen molar-refractivity contribution < 1.29 is 17.9 Å². The number of benzene rings is 2. The van der Waals surface area contributed by atoms with Gasteiger partial charge in [-0.25, -0.2) is 8.42 Å². The number of aryl methyl sites for hydroxylation is 1. The molecule has 0 bridgehead atoms. The van der Waals surface area contributed by atoms with E-state index in [1.54, 1.807) is 0 Å². The third-order valence-electron chi connectivity index (χ3n) is 5.64. The highest BCUT2D eigenvalue weighted by Gasteiger charge is 2.40. The van der Waals surface area contributed by atoms with E-state index in [1.807, 2.05) is 12.1 Å². The van der Waals surface area contributed by atoms with Gasteiger partial charge in [-0.05, 0) is 48.6 Å². The van der Waals surface area contributed by atoms with Crippen molar-refractivity contribution >= 4 is 26.6 Å². The zero-order chi connectivity index (χ0) is 20.0. The molecule has 2 aromatic carbocycles. The van der Waals surface area contributed by atoms with Crippen LogP contribution in [0.15, 0.2) is 42.5 Å². The molecule has 1 atom stereocenters. The van der Waals surface area contributed by atoms with E-state index in [0.717, 1.165) is 19.4 Å². The maximum absolute atomic E-state index is 12.7. The van der Waals surface area contributed by atoms with Gasteiger partial charge in [-0.1, -0.05) is 42.5 Å². The number of carbonyl (C=O) groups is 1. The Labute approximate surface area is 167 Å². The molecule has 1 aliphatic rings. The molecule has 1 fully saturated rings. The van der Waals surface area contributed by atoms with Gasteiger partial charge in [0.1, 0.15) is 0 Å². The van der Waals surface area contributed by atoms with Crippen molar-refractivity contribution in [3.63, 3.8) is 0 Å². The maximum Gasteiger partial charge on any atom is 0.306 e. The lowest BCUT2D eigenvalue weighted by molar-refractivity contribution is -0.142. The zero-order valence-electron chi connectivity index (χ0n) is 16.4. The molecule has 0 radical (unpaired) electrons. The van der Waals surface area contributed by atoms with Gasteiger partial charge in [-0.2, -0.15) is 0 Å². The number of esters is 1. The molecule has 6 heteroatoms. The largest absolute Gasteiger partial charge is 0.469 e. The summed E-state index contributed by atoms with van der Waals surface area (Å²) in [5.74, 6) is -0.119. The predicted molar refractivity (Wildman–Crippen MR) is 112 cm³/mol. The summed E-state index contributed by atoms with van der Waals surface area (Å²) in [6.07, 6.45) is 3.18. The Hall–Kier alpha value is -1.92. The molecule has 1 unspecified atom stereocenters. The van der Waals surface area contributed by atoms with Crippen molar-refractivity contribution in [2.75, 3.05) is 31.7 Å². The highest BCUT2D eigenvalue weighted by atomic mass is 32.2. The summed E-state index contributed by atoms with van der Waals surface area (Å²) in [4.78, 5) is 11.7. The SMILES string of the molecule is COC(=O)CC1(CS(=O)(=O)CCCCc2cccc3ccccc23)CCNC1. The zero-order valence-corrected chi connectivity index (χ0v) is 17.3. The second-order valence-electron chi connectivity index (χ2n) is 7.87. The Morgan fingerprint density at radius 3 is 2.68 bits per heavy atom. The standard InChI is InChI=1S/C22H29NO4S/c1-27-21(24)15-22(12-13-23-16-22)17-28(25,26)14-5-4-8-19-10-6-9-18-7-2-3-11-20(18)19/h2-3,6-7,9-11,23H,4-5,8,12-17H2,1H3. The lowest BCUT2D eigenvalue weighted by Crippen LogP contribution is -2.36. The fourth-order valence-corrected chi connectivity index (χ4v) is 6.26. The number of hydrogen-bond donors (Lipinski definition) is 1. The Morgan fingerprint density at radius 1 is 1.14 bits per heavy atom. The van der Waals surface area contributed by atoms with E-state index < -0.39 is 15.3 Å². The van der Waals surface area contributed by atoms with Gasteiger partial charge in [-0.3, -0.25) is 4.79 Å². The molecule has 0 aromatic heterocycles. The lowest BCUT2D eigenvalue weighted by Gasteiger charge is -2.26. The molecular weight excluding hydrogens is 374 g/mol. The molecule has 3 rings (SSSR count). The van der Waals surface area contributed by atoms with E-state index in [-0.39, 0.29) is 23.9 Å². The van der Waals surface area contributed by atoms with Gasteiger partial charge >= 0.3 is 5.97 Å². The van der Waals surface area contributed by atoms with E-state index in [4.69, 9.17) is 4.74 Å². The first-order valence-corrected chi connectivity index (χ1v) is 11.7. The summed E-state index contributed by atoms with van der Waals surface area (Å²) < 4.78 is 30.2. The summed E-state index contributed by atoms with van der Waals surface area (Å²) in [7, 11) is -1.87. The summed E-state index contributed by atoms with van der Waals surface area (Å²) in [6.45, 7) is 1.30. The average molecular weight is 404 g/mol. The van der Waals surface area contributed by atoms with Crippen LogP contribution in [0.4, 0.5) is 0 Å². The van der Waals surface area contributed by atoms with Crippen molar-refractivity contribution in [3.05, 3.63) is 48.0 Å². The molecule has 1 saturated heterocycles. The first-order valence-electron chi connectivity index (χ1n) is 9.88. The molecule has 1 aliphatic heterocycles. The van der Waals surface area contributed by atoms with Crippen LogP contribution in [0.3, 0.4) is 0 Å². The first-order chi connectivity index (χ1) is 13.4. The molecule has 2 aromatic rings. The van der Waals surface area contributed by atoms with Gasteiger partial charge < -0.3 is 10.1 Å². The van der Waals surface area contributed by atoms with Crippen molar-refractivity contribution in [1.29, 1.82) is 0 Å². The molecule has 0 spiro atoms. The number of nitrogens with one attached hydrogen (secondary N) is 1. The molecule has 0 amide bonds. The van der Waals surface area contributed by atoms with E-state index in [1.165, 1.54) is 23.4 Å². The minimum Gasteiger partial charge on any atom is -0.469 e. The fraction of sp³-hybridized carbons (Fsp3) is 0.500. The van der Waals surface area contributed by atoms with E-state index in [0.29, 0.717) is 19.4 Å². The minimum atomic E-state index is -3.22. The summed E-state index contributed by atoms with van der Waals surface area (Å²) in [5.41, 5.74) is 0.735. The number of rotatable bonds is 9. The van der Waals surface area contributed by atoms with Crippen LogP contribution in [0, 0.1) is 5.41 Å². The smallest absolute Gasteiger partial charge is 0.306 e. The van der Waals surface area contributed by atoms with Crippen LogP contribution in [0.5, 0.6) is 0 Å². The number of fused-ring (bicyclic) bond motifs is 1. The number of unbranched alkanes of at least 4 members (excludes halogenated alkanes) is 1. The number of hydrogen-bond acceptors (Lipinski definition) is 5. The number of carbonyl (C=O) groups excluding carboxylic acids is 1. The Bertz CT molecular complexity index is 912.